The van der Waals surface area contributed by atoms with Gasteiger partial charge in [-0.1, -0.05) is 24.3 Å². The zero-order valence-corrected chi connectivity index (χ0v) is 22.0. The van der Waals surface area contributed by atoms with Crippen molar-refractivity contribution in [2.75, 3.05) is 38.3 Å². The molecule has 3 rings (SSSR count). The number of nitrogens with one attached hydrogen (secondary N) is 3. The number of carbonyl (C=O) groups excluding carboxylic acids is 2. The number of benzene rings is 3. The van der Waals surface area contributed by atoms with Gasteiger partial charge in [0.2, 0.25) is 5.91 Å². The molecule has 0 radical (unpaired) electrons. The fourth-order valence-electron chi connectivity index (χ4n) is 3.38. The Morgan fingerprint density at radius 1 is 0.775 bits per heavy atom. The average Bonchev–Trinajstić information content (AvgIpc) is 2.98. The Morgan fingerprint density at radius 3 is 1.93 bits per heavy atom. The second-order valence-electron chi connectivity index (χ2n) is 8.39. The summed E-state index contributed by atoms with van der Waals surface area (Å²) >= 11 is 0. The maximum absolute atomic E-state index is 12.4. The van der Waals surface area contributed by atoms with Crippen molar-refractivity contribution in [3.63, 3.8) is 0 Å². The van der Waals surface area contributed by atoms with E-state index in [1.807, 2.05) is 12.1 Å². The highest BCUT2D eigenvalue weighted by molar-refractivity contribution is 5.95. The smallest absolute Gasteiger partial charge is 0.271 e. The number of nitrogens with zero attached hydrogens (tertiary/aromatic N) is 2. The lowest BCUT2D eigenvalue weighted by molar-refractivity contribution is -0.121. The molecule has 0 saturated heterocycles. The Morgan fingerprint density at radius 2 is 1.35 bits per heavy atom. The lowest BCUT2D eigenvalue weighted by Gasteiger charge is -2.07. The minimum absolute atomic E-state index is 0.0665. The quantitative estimate of drug-likeness (QED) is 0.105. The summed E-state index contributed by atoms with van der Waals surface area (Å²) in [5, 5.41) is 28.9. The van der Waals surface area contributed by atoms with Crippen LogP contribution in [0.2, 0.25) is 0 Å². The molecule has 0 saturated carbocycles. The second kappa shape index (κ2) is 17.0. The number of aliphatic hydroxyl groups excluding tert-OH is 2. The van der Waals surface area contributed by atoms with Crippen molar-refractivity contribution in [3.05, 3.63) is 89.5 Å². The predicted octanol–water partition coefficient (Wildman–Crippen LogP) is 2.54. The molecule has 0 aliphatic rings. The maximum atomic E-state index is 12.4. The third kappa shape index (κ3) is 10.9. The van der Waals surface area contributed by atoms with Gasteiger partial charge in [-0.15, -0.1) is 0 Å². The van der Waals surface area contributed by atoms with Gasteiger partial charge in [0.25, 0.3) is 5.91 Å². The molecule has 0 heterocycles. The molecule has 0 bridgehead atoms. The van der Waals surface area contributed by atoms with Crippen LogP contribution >= 0.6 is 0 Å². The third-order valence-corrected chi connectivity index (χ3v) is 5.28. The summed E-state index contributed by atoms with van der Waals surface area (Å²) in [6.07, 6.45) is 3.92. The van der Waals surface area contributed by atoms with Gasteiger partial charge in [0.15, 0.2) is 0 Å². The number of hydrazone groups is 2. The summed E-state index contributed by atoms with van der Waals surface area (Å²) in [5.41, 5.74) is 7.76. The first-order valence-electron chi connectivity index (χ1n) is 12.7. The number of anilines is 1. The largest absolute Gasteiger partial charge is 0.491 e. The molecule has 0 aromatic heterocycles. The summed E-state index contributed by atoms with van der Waals surface area (Å²) in [6, 6.07) is 21.2. The summed E-state index contributed by atoms with van der Waals surface area (Å²) in [7, 11) is 0. The van der Waals surface area contributed by atoms with Crippen LogP contribution in [0.1, 0.15) is 34.3 Å². The SMILES string of the molecule is O=C(CCCNc1ccc(C(=O)NN=Cc2cccc(OCCO)c2)cc1)NN=Cc1cccc(OCCO)c1. The van der Waals surface area contributed by atoms with Gasteiger partial charge >= 0.3 is 0 Å². The van der Waals surface area contributed by atoms with E-state index in [0.717, 1.165) is 16.8 Å². The molecule has 0 fully saturated rings. The predicted molar refractivity (Wildman–Crippen MR) is 153 cm³/mol. The van der Waals surface area contributed by atoms with E-state index in [9.17, 15) is 9.59 Å². The summed E-state index contributed by atoms with van der Waals surface area (Å²) in [6.45, 7) is 0.840. The number of rotatable bonds is 16. The minimum atomic E-state index is -0.350. The average molecular weight is 548 g/mol. The van der Waals surface area contributed by atoms with Crippen molar-refractivity contribution < 1.29 is 29.3 Å². The first-order valence-corrected chi connectivity index (χ1v) is 12.7. The van der Waals surface area contributed by atoms with Gasteiger partial charge in [-0.05, 0) is 66.1 Å². The highest BCUT2D eigenvalue weighted by atomic mass is 16.5. The molecule has 5 N–H and O–H groups in total. The van der Waals surface area contributed by atoms with Crippen LogP contribution in [0.25, 0.3) is 0 Å². The van der Waals surface area contributed by atoms with Gasteiger partial charge in [-0.25, -0.2) is 10.9 Å². The third-order valence-electron chi connectivity index (χ3n) is 5.28. The molecule has 0 spiro atoms. The van der Waals surface area contributed by atoms with Gasteiger partial charge in [-0.3, -0.25) is 9.59 Å². The standard InChI is InChI=1S/C29H33N5O6/c35-14-16-39-26-6-1-4-22(18-26)20-31-33-28(37)8-3-13-30-25-11-9-24(10-12-25)29(38)34-32-21-23-5-2-7-27(19-23)40-17-15-36/h1-2,4-7,9-12,18-21,30,35-36H,3,8,13-17H2,(H,33,37)(H,34,38). The molecule has 11 heteroatoms. The van der Waals surface area contributed by atoms with E-state index in [1.165, 1.54) is 12.4 Å². The maximum Gasteiger partial charge on any atom is 0.271 e. The molecular formula is C29H33N5O6. The van der Waals surface area contributed by atoms with Crippen LogP contribution in [0.5, 0.6) is 11.5 Å². The van der Waals surface area contributed by atoms with Crippen molar-refractivity contribution in [1.82, 2.24) is 10.9 Å². The number of hydrogen-bond donors (Lipinski definition) is 5. The topological polar surface area (TPSA) is 154 Å². The van der Waals surface area contributed by atoms with Gasteiger partial charge in [0.05, 0.1) is 25.6 Å². The normalized spacial score (nSPS) is 10.9. The Bertz CT molecular complexity index is 1280. The van der Waals surface area contributed by atoms with E-state index in [0.29, 0.717) is 36.4 Å². The summed E-state index contributed by atoms with van der Waals surface area (Å²) in [4.78, 5) is 24.4. The Hall–Kier alpha value is -4.74. The first-order chi connectivity index (χ1) is 19.6. The van der Waals surface area contributed by atoms with Gasteiger partial charge in [-0.2, -0.15) is 10.2 Å². The fraction of sp³-hybridized carbons (Fsp3) is 0.241. The zero-order chi connectivity index (χ0) is 28.4. The van der Waals surface area contributed by atoms with E-state index in [2.05, 4.69) is 26.4 Å². The van der Waals surface area contributed by atoms with Crippen LogP contribution in [0.15, 0.2) is 83.0 Å². The summed E-state index contributed by atoms with van der Waals surface area (Å²) in [5.74, 6) is 0.659. The van der Waals surface area contributed by atoms with Crippen LogP contribution in [-0.4, -0.2) is 67.4 Å². The van der Waals surface area contributed by atoms with Crippen LogP contribution in [0.4, 0.5) is 5.69 Å². The van der Waals surface area contributed by atoms with Crippen LogP contribution in [0, 0.1) is 0 Å². The molecule has 11 nitrogen and oxygen atoms in total. The number of amides is 2. The van der Waals surface area contributed by atoms with E-state index in [4.69, 9.17) is 19.7 Å². The molecular weight excluding hydrogens is 514 g/mol. The Balaban J connectivity index is 1.34. The van der Waals surface area contributed by atoms with Gasteiger partial charge in [0, 0.05) is 24.2 Å². The molecule has 2 amide bonds. The second-order valence-corrected chi connectivity index (χ2v) is 8.39. The van der Waals surface area contributed by atoms with Crippen molar-refractivity contribution in [1.29, 1.82) is 0 Å². The van der Waals surface area contributed by atoms with Gasteiger partial charge in [0.1, 0.15) is 24.7 Å². The first kappa shape index (κ1) is 29.8. The molecule has 210 valence electrons. The van der Waals surface area contributed by atoms with Crippen molar-refractivity contribution in [2.45, 2.75) is 12.8 Å². The van der Waals surface area contributed by atoms with Crippen molar-refractivity contribution in [2.24, 2.45) is 10.2 Å². The van der Waals surface area contributed by atoms with Crippen LogP contribution in [-0.2, 0) is 4.79 Å². The lowest BCUT2D eigenvalue weighted by Crippen LogP contribution is -2.18. The number of aliphatic hydroxyl groups is 2. The van der Waals surface area contributed by atoms with E-state index < -0.39 is 0 Å². The molecule has 3 aromatic carbocycles. The highest BCUT2D eigenvalue weighted by Crippen LogP contribution is 2.13. The molecule has 0 aliphatic heterocycles. The minimum Gasteiger partial charge on any atom is -0.491 e. The van der Waals surface area contributed by atoms with E-state index in [-0.39, 0.29) is 38.2 Å². The van der Waals surface area contributed by atoms with Gasteiger partial charge < -0.3 is 25.0 Å². The molecule has 0 aliphatic carbocycles. The van der Waals surface area contributed by atoms with Crippen molar-refractivity contribution in [3.8, 4) is 11.5 Å². The van der Waals surface area contributed by atoms with E-state index in [1.54, 1.807) is 60.7 Å². The van der Waals surface area contributed by atoms with Crippen LogP contribution < -0.4 is 25.6 Å². The molecule has 0 unspecified atom stereocenters. The van der Waals surface area contributed by atoms with E-state index >= 15 is 0 Å². The Labute approximate surface area is 232 Å². The van der Waals surface area contributed by atoms with Crippen molar-refractivity contribution >= 4 is 29.9 Å². The molecule has 3 aromatic rings. The summed E-state index contributed by atoms with van der Waals surface area (Å²) < 4.78 is 10.7. The number of hydrogen-bond acceptors (Lipinski definition) is 9. The zero-order valence-electron chi connectivity index (χ0n) is 22.0. The number of carbonyl (C=O) groups is 2. The monoisotopic (exact) mass is 547 g/mol. The fourth-order valence-corrected chi connectivity index (χ4v) is 3.38. The molecule has 40 heavy (non-hydrogen) atoms. The van der Waals surface area contributed by atoms with Crippen LogP contribution in [0.3, 0.4) is 0 Å². The lowest BCUT2D eigenvalue weighted by atomic mass is 10.2. The highest BCUT2D eigenvalue weighted by Gasteiger charge is 2.05. The molecule has 0 atom stereocenters. The number of ether oxygens (including phenoxy) is 2. The Kier molecular flexibility index (Phi) is 12.6.